The lowest BCUT2D eigenvalue weighted by molar-refractivity contribution is 0.181. The van der Waals surface area contributed by atoms with E-state index >= 15 is 0 Å². The number of cyclic esters (lactones) is 1. The Morgan fingerprint density at radius 2 is 1.85 bits per heavy atom. The summed E-state index contributed by atoms with van der Waals surface area (Å²) in [5.41, 5.74) is 2.35. The number of rotatable bonds is 4. The molecule has 0 bridgehead atoms. The second-order valence-electron chi connectivity index (χ2n) is 5.78. The van der Waals surface area contributed by atoms with E-state index in [-0.39, 0.29) is 24.5 Å². The van der Waals surface area contributed by atoms with Crippen molar-refractivity contribution >= 4 is 17.8 Å². The number of benzene rings is 2. The van der Waals surface area contributed by atoms with E-state index in [0.29, 0.717) is 19.7 Å². The van der Waals surface area contributed by atoms with Gasteiger partial charge < -0.3 is 15.4 Å². The Kier molecular flexibility index (Phi) is 5.90. The van der Waals surface area contributed by atoms with Gasteiger partial charge in [-0.1, -0.05) is 24.0 Å². The van der Waals surface area contributed by atoms with Crippen LogP contribution < -0.4 is 15.5 Å². The van der Waals surface area contributed by atoms with Gasteiger partial charge in [0.2, 0.25) is 0 Å². The highest BCUT2D eigenvalue weighted by Gasteiger charge is 2.23. The Hall–Kier alpha value is -3.53. The number of amides is 3. The molecule has 3 rings (SSSR count). The first-order chi connectivity index (χ1) is 13.1. The summed E-state index contributed by atoms with van der Waals surface area (Å²) >= 11 is 0. The Bertz CT molecular complexity index is 870. The smallest absolute Gasteiger partial charge is 0.414 e. The minimum Gasteiger partial charge on any atom is -0.447 e. The van der Waals surface area contributed by atoms with Crippen molar-refractivity contribution in [3.8, 4) is 11.8 Å². The van der Waals surface area contributed by atoms with Crippen molar-refractivity contribution < 1.29 is 18.7 Å². The Morgan fingerprint density at radius 1 is 1.11 bits per heavy atom. The third-order valence-corrected chi connectivity index (χ3v) is 3.88. The number of anilines is 1. The molecule has 1 aliphatic heterocycles. The van der Waals surface area contributed by atoms with E-state index in [9.17, 15) is 14.0 Å². The van der Waals surface area contributed by atoms with Crippen molar-refractivity contribution in [2.45, 2.75) is 6.54 Å². The molecule has 0 saturated carbocycles. The van der Waals surface area contributed by atoms with E-state index in [2.05, 4.69) is 22.5 Å². The van der Waals surface area contributed by atoms with Crippen molar-refractivity contribution in [2.24, 2.45) is 0 Å². The molecule has 0 spiro atoms. The first-order valence-corrected chi connectivity index (χ1v) is 8.41. The molecule has 1 aliphatic rings. The number of ether oxygens (including phenoxy) is 1. The standard InChI is InChI=1S/C20H18FN3O3/c21-17-7-3-16(4-8-17)14-23-19(25)22-11-1-2-15-5-9-18(10-6-15)24-12-13-27-20(24)26/h3-10H,11-14H2,(H2,22,23,25). The maximum absolute atomic E-state index is 12.8. The predicted molar refractivity (Wildman–Crippen MR) is 98.7 cm³/mol. The number of carbonyl (C=O) groups excluding carboxylic acids is 2. The molecule has 1 saturated heterocycles. The van der Waals surface area contributed by atoms with Crippen molar-refractivity contribution in [3.05, 3.63) is 65.5 Å². The lowest BCUT2D eigenvalue weighted by Crippen LogP contribution is -2.35. The third-order valence-electron chi connectivity index (χ3n) is 3.88. The highest BCUT2D eigenvalue weighted by atomic mass is 19.1. The molecule has 0 unspecified atom stereocenters. The summed E-state index contributed by atoms with van der Waals surface area (Å²) < 4.78 is 17.7. The van der Waals surface area contributed by atoms with Gasteiger partial charge in [0.05, 0.1) is 13.1 Å². The number of nitrogens with zero attached hydrogens (tertiary/aromatic N) is 1. The van der Waals surface area contributed by atoms with Crippen LogP contribution in [-0.4, -0.2) is 31.8 Å². The maximum Gasteiger partial charge on any atom is 0.414 e. The average Bonchev–Trinajstić information content (AvgIpc) is 3.11. The molecule has 0 atom stereocenters. The van der Waals surface area contributed by atoms with E-state index in [0.717, 1.165) is 16.8 Å². The number of hydrogen-bond donors (Lipinski definition) is 2. The van der Waals surface area contributed by atoms with E-state index in [1.165, 1.54) is 12.1 Å². The quantitative estimate of drug-likeness (QED) is 0.816. The van der Waals surface area contributed by atoms with Gasteiger partial charge in [0.25, 0.3) is 0 Å². The highest BCUT2D eigenvalue weighted by molar-refractivity contribution is 5.89. The minimum absolute atomic E-state index is 0.190. The molecule has 27 heavy (non-hydrogen) atoms. The van der Waals surface area contributed by atoms with Crippen LogP contribution in [-0.2, 0) is 11.3 Å². The molecular formula is C20H18FN3O3. The van der Waals surface area contributed by atoms with Crippen LogP contribution in [0.2, 0.25) is 0 Å². The van der Waals surface area contributed by atoms with Crippen LogP contribution in [0, 0.1) is 17.7 Å². The van der Waals surface area contributed by atoms with E-state index in [1.54, 1.807) is 29.2 Å². The van der Waals surface area contributed by atoms with Gasteiger partial charge in [-0.3, -0.25) is 4.90 Å². The van der Waals surface area contributed by atoms with E-state index in [4.69, 9.17) is 4.74 Å². The number of halogens is 1. The highest BCUT2D eigenvalue weighted by Crippen LogP contribution is 2.18. The van der Waals surface area contributed by atoms with E-state index in [1.807, 2.05) is 12.1 Å². The summed E-state index contributed by atoms with van der Waals surface area (Å²) in [7, 11) is 0. The molecule has 0 radical (unpaired) electrons. The fraction of sp³-hybridized carbons (Fsp3) is 0.200. The number of hydrogen-bond acceptors (Lipinski definition) is 3. The summed E-state index contributed by atoms with van der Waals surface area (Å²) in [6, 6.07) is 12.8. The van der Waals surface area contributed by atoms with Crippen molar-refractivity contribution in [2.75, 3.05) is 24.6 Å². The largest absolute Gasteiger partial charge is 0.447 e. The topological polar surface area (TPSA) is 70.7 Å². The molecule has 2 aromatic carbocycles. The molecular weight excluding hydrogens is 349 g/mol. The van der Waals surface area contributed by atoms with Crippen LogP contribution in [0.3, 0.4) is 0 Å². The summed E-state index contributed by atoms with van der Waals surface area (Å²) in [5.74, 6) is 5.49. The van der Waals surface area contributed by atoms with Crippen LogP contribution >= 0.6 is 0 Å². The molecule has 138 valence electrons. The van der Waals surface area contributed by atoms with Gasteiger partial charge in [0.15, 0.2) is 0 Å². The molecule has 2 N–H and O–H groups in total. The second-order valence-corrected chi connectivity index (χ2v) is 5.78. The molecule has 0 aromatic heterocycles. The van der Waals surface area contributed by atoms with E-state index < -0.39 is 0 Å². The van der Waals surface area contributed by atoms with Gasteiger partial charge in [0.1, 0.15) is 12.4 Å². The average molecular weight is 367 g/mol. The monoisotopic (exact) mass is 367 g/mol. The number of urea groups is 1. The summed E-state index contributed by atoms with van der Waals surface area (Å²) in [6.07, 6.45) is -0.343. The molecule has 3 amide bonds. The zero-order chi connectivity index (χ0) is 19.1. The lowest BCUT2D eigenvalue weighted by atomic mass is 10.2. The van der Waals surface area contributed by atoms with Crippen LogP contribution in [0.15, 0.2) is 48.5 Å². The first-order valence-electron chi connectivity index (χ1n) is 8.41. The van der Waals surface area contributed by atoms with Gasteiger partial charge in [0, 0.05) is 17.8 Å². The minimum atomic E-state index is -0.350. The third kappa shape index (κ3) is 5.22. The molecule has 2 aromatic rings. The van der Waals surface area contributed by atoms with Gasteiger partial charge in [-0.15, -0.1) is 0 Å². The summed E-state index contributed by atoms with van der Waals surface area (Å²) in [6.45, 7) is 1.44. The SMILES string of the molecule is O=C(NCC#Cc1ccc(N2CCOC2=O)cc1)NCc1ccc(F)cc1. The first kappa shape index (κ1) is 18.3. The van der Waals surface area contributed by atoms with Gasteiger partial charge in [-0.2, -0.15) is 0 Å². The van der Waals surface area contributed by atoms with Gasteiger partial charge >= 0.3 is 12.1 Å². The number of carbonyl (C=O) groups is 2. The van der Waals surface area contributed by atoms with Crippen molar-refractivity contribution in [1.29, 1.82) is 0 Å². The fourth-order valence-electron chi connectivity index (χ4n) is 2.47. The van der Waals surface area contributed by atoms with Crippen LogP contribution in [0.5, 0.6) is 0 Å². The Balaban J connectivity index is 1.42. The zero-order valence-electron chi connectivity index (χ0n) is 14.5. The number of nitrogens with one attached hydrogen (secondary N) is 2. The zero-order valence-corrected chi connectivity index (χ0v) is 14.5. The van der Waals surface area contributed by atoms with Crippen LogP contribution in [0.1, 0.15) is 11.1 Å². The van der Waals surface area contributed by atoms with Crippen LogP contribution in [0.4, 0.5) is 19.7 Å². The van der Waals surface area contributed by atoms with Gasteiger partial charge in [-0.05, 0) is 42.0 Å². The van der Waals surface area contributed by atoms with Crippen molar-refractivity contribution in [1.82, 2.24) is 10.6 Å². The molecule has 1 fully saturated rings. The lowest BCUT2D eigenvalue weighted by Gasteiger charge is -2.11. The Morgan fingerprint density at radius 3 is 2.52 bits per heavy atom. The molecule has 6 nitrogen and oxygen atoms in total. The predicted octanol–water partition coefficient (Wildman–Crippen LogP) is 2.63. The molecule has 7 heteroatoms. The normalized spacial score (nSPS) is 12.8. The fourth-order valence-corrected chi connectivity index (χ4v) is 2.47. The molecule has 1 heterocycles. The summed E-state index contributed by atoms with van der Waals surface area (Å²) in [4.78, 5) is 24.8. The van der Waals surface area contributed by atoms with Gasteiger partial charge in [-0.25, -0.2) is 14.0 Å². The maximum atomic E-state index is 12.8. The van der Waals surface area contributed by atoms with Crippen LogP contribution in [0.25, 0.3) is 0 Å². The summed E-state index contributed by atoms with van der Waals surface area (Å²) in [5, 5.41) is 5.30. The molecule has 0 aliphatic carbocycles. The second kappa shape index (κ2) is 8.72. The van der Waals surface area contributed by atoms with Crippen molar-refractivity contribution in [3.63, 3.8) is 0 Å². The Labute approximate surface area is 156 Å².